The minimum absolute atomic E-state index is 0.112. The average Bonchev–Trinajstić information content (AvgIpc) is 3.05. The van der Waals surface area contributed by atoms with Gasteiger partial charge in [-0.25, -0.2) is 9.97 Å². The summed E-state index contributed by atoms with van der Waals surface area (Å²) in [6.45, 7) is 8.33. The van der Waals surface area contributed by atoms with Crippen molar-refractivity contribution in [1.29, 1.82) is 0 Å². The quantitative estimate of drug-likeness (QED) is 0.891. The van der Waals surface area contributed by atoms with Gasteiger partial charge in [0.05, 0.1) is 11.9 Å². The molecule has 0 spiro atoms. The van der Waals surface area contributed by atoms with Gasteiger partial charge in [-0.3, -0.25) is 9.59 Å². The topological polar surface area (TPSA) is 80.1 Å². The van der Waals surface area contributed by atoms with Crippen LogP contribution in [0, 0.1) is 5.92 Å². The van der Waals surface area contributed by atoms with E-state index in [2.05, 4.69) is 36.1 Å². The number of pyridine rings is 1. The second-order valence-electron chi connectivity index (χ2n) is 7.38. The largest absolute Gasteiger partial charge is 0.351 e. The zero-order valence-corrected chi connectivity index (χ0v) is 15.7. The van der Waals surface area contributed by atoms with Crippen molar-refractivity contribution >= 4 is 23.0 Å². The monoisotopic (exact) mass is 357 g/mol. The van der Waals surface area contributed by atoms with Gasteiger partial charge in [-0.05, 0) is 38.7 Å². The van der Waals surface area contributed by atoms with E-state index in [1.54, 1.807) is 18.6 Å². The summed E-state index contributed by atoms with van der Waals surface area (Å²) < 4.78 is 1.97. The smallest absolute Gasteiger partial charge is 0.252 e. The molecule has 2 aromatic heterocycles. The van der Waals surface area contributed by atoms with Crippen LogP contribution in [-0.4, -0.2) is 50.9 Å². The lowest BCUT2D eigenvalue weighted by atomic mass is 9.99. The van der Waals surface area contributed by atoms with Gasteiger partial charge in [-0.2, -0.15) is 0 Å². The molecule has 1 saturated heterocycles. The fraction of sp³-hybridized carbons (Fsp3) is 0.579. The van der Waals surface area contributed by atoms with Crippen molar-refractivity contribution < 1.29 is 9.59 Å². The Bertz CT molecular complexity index is 790. The summed E-state index contributed by atoms with van der Waals surface area (Å²) in [5, 5.41) is 2.81. The maximum Gasteiger partial charge on any atom is 0.252 e. The van der Waals surface area contributed by atoms with Crippen LogP contribution in [0.25, 0.3) is 11.2 Å². The minimum atomic E-state index is -0.224. The van der Waals surface area contributed by atoms with Gasteiger partial charge in [0.15, 0.2) is 5.65 Å². The molecule has 140 valence electrons. The lowest BCUT2D eigenvalue weighted by Crippen LogP contribution is -2.39. The first kappa shape index (κ1) is 18.4. The van der Waals surface area contributed by atoms with Crippen molar-refractivity contribution in [3.05, 3.63) is 24.2 Å². The molecule has 7 nitrogen and oxygen atoms in total. The fourth-order valence-corrected chi connectivity index (χ4v) is 3.22. The van der Waals surface area contributed by atoms with Gasteiger partial charge >= 0.3 is 0 Å². The maximum absolute atomic E-state index is 12.3. The first-order valence-corrected chi connectivity index (χ1v) is 9.34. The number of aromatic nitrogens is 3. The summed E-state index contributed by atoms with van der Waals surface area (Å²) in [6, 6.07) is 2.00. The Morgan fingerprint density at radius 3 is 2.69 bits per heavy atom. The van der Waals surface area contributed by atoms with Gasteiger partial charge in [-0.15, -0.1) is 0 Å². The SMILES string of the molecule is CC1CCN(C(=O)CCNC(=O)c2cnc3c(c2)ncn3C(C)C)CC1. The van der Waals surface area contributed by atoms with Crippen LogP contribution in [0.4, 0.5) is 0 Å². The molecule has 3 rings (SSSR count). The molecule has 0 saturated carbocycles. The van der Waals surface area contributed by atoms with Crippen LogP contribution in [0.2, 0.25) is 0 Å². The molecule has 7 heteroatoms. The first-order valence-electron chi connectivity index (χ1n) is 9.34. The van der Waals surface area contributed by atoms with Crippen molar-refractivity contribution in [3.8, 4) is 0 Å². The second-order valence-corrected chi connectivity index (χ2v) is 7.38. The van der Waals surface area contributed by atoms with Crippen LogP contribution < -0.4 is 5.32 Å². The van der Waals surface area contributed by atoms with E-state index in [9.17, 15) is 9.59 Å². The van der Waals surface area contributed by atoms with E-state index in [0.29, 0.717) is 30.0 Å². The van der Waals surface area contributed by atoms with Gasteiger partial charge in [0.25, 0.3) is 5.91 Å². The van der Waals surface area contributed by atoms with Gasteiger partial charge < -0.3 is 14.8 Å². The van der Waals surface area contributed by atoms with Crippen molar-refractivity contribution in [2.75, 3.05) is 19.6 Å². The average molecular weight is 357 g/mol. The Hall–Kier alpha value is -2.44. The van der Waals surface area contributed by atoms with Crippen LogP contribution in [0.3, 0.4) is 0 Å². The summed E-state index contributed by atoms with van der Waals surface area (Å²) in [5.74, 6) is 0.584. The molecule has 0 radical (unpaired) electrons. The standard InChI is InChI=1S/C19H27N5O2/c1-13(2)24-12-22-16-10-15(11-21-18(16)24)19(26)20-7-4-17(25)23-8-5-14(3)6-9-23/h10-14H,4-9H2,1-3H3,(H,20,26). The van der Waals surface area contributed by atoms with Crippen LogP contribution in [0.5, 0.6) is 0 Å². The van der Waals surface area contributed by atoms with Gasteiger partial charge in [0.1, 0.15) is 5.52 Å². The Kier molecular flexibility index (Phi) is 5.54. The Balaban J connectivity index is 1.53. The number of rotatable bonds is 5. The molecule has 0 atom stereocenters. The third-order valence-corrected chi connectivity index (χ3v) is 4.99. The number of hydrogen-bond donors (Lipinski definition) is 1. The molecular weight excluding hydrogens is 330 g/mol. The van der Waals surface area contributed by atoms with Crippen LogP contribution in [-0.2, 0) is 4.79 Å². The van der Waals surface area contributed by atoms with Gasteiger partial charge in [0.2, 0.25) is 5.91 Å². The number of nitrogens with zero attached hydrogens (tertiary/aromatic N) is 4. The van der Waals surface area contributed by atoms with E-state index < -0.39 is 0 Å². The number of carbonyl (C=O) groups is 2. The first-order chi connectivity index (χ1) is 12.5. The summed E-state index contributed by atoms with van der Waals surface area (Å²) in [5.41, 5.74) is 1.93. The molecule has 0 aliphatic carbocycles. The zero-order valence-electron chi connectivity index (χ0n) is 15.7. The highest BCUT2D eigenvalue weighted by molar-refractivity contribution is 5.96. The van der Waals surface area contributed by atoms with Crippen molar-refractivity contribution in [3.63, 3.8) is 0 Å². The minimum Gasteiger partial charge on any atom is -0.351 e. The molecular formula is C19H27N5O2. The number of carbonyl (C=O) groups excluding carboxylic acids is 2. The summed E-state index contributed by atoms with van der Waals surface area (Å²) >= 11 is 0. The van der Waals surface area contributed by atoms with Crippen LogP contribution in [0.15, 0.2) is 18.6 Å². The molecule has 26 heavy (non-hydrogen) atoms. The van der Waals surface area contributed by atoms with E-state index in [-0.39, 0.29) is 17.9 Å². The van der Waals surface area contributed by atoms with Gasteiger partial charge in [-0.1, -0.05) is 6.92 Å². The molecule has 1 aliphatic heterocycles. The molecule has 1 aliphatic rings. The summed E-state index contributed by atoms with van der Waals surface area (Å²) in [7, 11) is 0. The van der Waals surface area contributed by atoms with Crippen molar-refractivity contribution in [2.45, 2.75) is 46.1 Å². The van der Waals surface area contributed by atoms with Crippen LogP contribution >= 0.6 is 0 Å². The molecule has 0 unspecified atom stereocenters. The predicted octanol–water partition coefficient (Wildman–Crippen LogP) is 2.39. The van der Waals surface area contributed by atoms with Gasteiger partial charge in [0, 0.05) is 38.3 Å². The molecule has 2 amide bonds. The number of piperidine rings is 1. The highest BCUT2D eigenvalue weighted by Gasteiger charge is 2.20. The molecule has 2 aromatic rings. The third kappa shape index (κ3) is 4.03. The third-order valence-electron chi connectivity index (χ3n) is 4.99. The second kappa shape index (κ2) is 7.85. The highest BCUT2D eigenvalue weighted by Crippen LogP contribution is 2.17. The van der Waals surface area contributed by atoms with E-state index >= 15 is 0 Å². The van der Waals surface area contributed by atoms with E-state index in [1.807, 2.05) is 9.47 Å². The predicted molar refractivity (Wildman–Crippen MR) is 99.8 cm³/mol. The Morgan fingerprint density at radius 1 is 1.27 bits per heavy atom. The number of likely N-dealkylation sites (tertiary alicyclic amines) is 1. The number of imidazole rings is 1. The molecule has 0 bridgehead atoms. The maximum atomic E-state index is 12.3. The summed E-state index contributed by atoms with van der Waals surface area (Å²) in [4.78, 5) is 35.1. The molecule has 3 heterocycles. The molecule has 0 aromatic carbocycles. The number of fused-ring (bicyclic) bond motifs is 1. The number of nitrogens with one attached hydrogen (secondary N) is 1. The lowest BCUT2D eigenvalue weighted by Gasteiger charge is -2.30. The van der Waals surface area contributed by atoms with Crippen LogP contribution in [0.1, 0.15) is 56.4 Å². The number of amides is 2. The fourth-order valence-electron chi connectivity index (χ4n) is 3.22. The Morgan fingerprint density at radius 2 is 2.00 bits per heavy atom. The summed E-state index contributed by atoms with van der Waals surface area (Å²) in [6.07, 6.45) is 5.76. The van der Waals surface area contributed by atoms with Crippen molar-refractivity contribution in [2.24, 2.45) is 5.92 Å². The molecule has 1 fully saturated rings. The van der Waals surface area contributed by atoms with E-state index in [0.717, 1.165) is 31.6 Å². The zero-order chi connectivity index (χ0) is 18.7. The lowest BCUT2D eigenvalue weighted by molar-refractivity contribution is -0.132. The molecule has 1 N–H and O–H groups in total. The Labute approximate surface area is 153 Å². The number of hydrogen-bond acceptors (Lipinski definition) is 4. The van der Waals surface area contributed by atoms with E-state index in [4.69, 9.17) is 0 Å². The van der Waals surface area contributed by atoms with Crippen molar-refractivity contribution in [1.82, 2.24) is 24.8 Å². The normalized spacial score (nSPS) is 15.6. The van der Waals surface area contributed by atoms with E-state index in [1.165, 1.54) is 0 Å². The highest BCUT2D eigenvalue weighted by atomic mass is 16.2.